The van der Waals surface area contributed by atoms with E-state index in [1.165, 1.54) is 22.8 Å². The largest absolute Gasteiger partial charge is 0.298 e. The monoisotopic (exact) mass is 367 g/mol. The van der Waals surface area contributed by atoms with Gasteiger partial charge in [0, 0.05) is 16.1 Å². The van der Waals surface area contributed by atoms with Crippen molar-refractivity contribution in [2.45, 2.75) is 0 Å². The molecule has 1 aromatic carbocycles. The van der Waals surface area contributed by atoms with E-state index < -0.39 is 4.92 Å². The van der Waals surface area contributed by atoms with E-state index >= 15 is 0 Å². The van der Waals surface area contributed by atoms with Crippen LogP contribution in [0.25, 0.3) is 5.70 Å². The molecule has 8 heteroatoms. The van der Waals surface area contributed by atoms with Crippen LogP contribution in [-0.4, -0.2) is 10.8 Å². The van der Waals surface area contributed by atoms with Crippen LogP contribution in [0, 0.1) is 10.1 Å². The zero-order valence-electron chi connectivity index (χ0n) is 10.6. The molecule has 21 heavy (non-hydrogen) atoms. The summed E-state index contributed by atoms with van der Waals surface area (Å²) in [5.41, 5.74) is 6.00. The minimum Gasteiger partial charge on any atom is -0.298 e. The summed E-state index contributed by atoms with van der Waals surface area (Å²) in [6, 6.07) is 8.24. The quantitative estimate of drug-likeness (QED) is 0.626. The number of nitrogens with one attached hydrogen (secondary N) is 2. The normalized spacial score (nSPS) is 9.95. The third kappa shape index (κ3) is 3.89. The molecule has 0 aliphatic heterocycles. The molecule has 0 bridgehead atoms. The summed E-state index contributed by atoms with van der Waals surface area (Å²) in [5.74, 6) is -0.324. The number of carbonyl (C=O) groups is 1. The van der Waals surface area contributed by atoms with Gasteiger partial charge in [0.1, 0.15) is 0 Å². The molecular weight excluding hydrogens is 358 g/mol. The highest BCUT2D eigenvalue weighted by Crippen LogP contribution is 2.25. The van der Waals surface area contributed by atoms with E-state index in [1.807, 2.05) is 0 Å². The fraction of sp³-hybridized carbons (Fsp3) is 0. The molecule has 108 valence electrons. The molecule has 2 rings (SSSR count). The zero-order chi connectivity index (χ0) is 15.4. The molecule has 0 saturated carbocycles. The fourth-order valence-corrected chi connectivity index (χ4v) is 2.50. The molecule has 1 aromatic heterocycles. The number of benzene rings is 1. The first-order chi connectivity index (χ1) is 9.97. The van der Waals surface area contributed by atoms with E-state index in [0.717, 1.165) is 4.47 Å². The predicted molar refractivity (Wildman–Crippen MR) is 84.8 cm³/mol. The molecule has 6 nitrogen and oxygen atoms in total. The first-order valence-corrected chi connectivity index (χ1v) is 7.39. The highest BCUT2D eigenvalue weighted by Gasteiger charge is 2.12. The molecule has 2 aromatic rings. The Hall–Kier alpha value is -2.19. The number of nitrogens with zero attached hydrogens (tertiary/aromatic N) is 1. The number of hydrogen-bond acceptors (Lipinski definition) is 5. The van der Waals surface area contributed by atoms with Gasteiger partial charge < -0.3 is 0 Å². The van der Waals surface area contributed by atoms with E-state index in [2.05, 4.69) is 33.4 Å². The van der Waals surface area contributed by atoms with Crippen molar-refractivity contribution in [1.82, 2.24) is 10.9 Å². The Balaban J connectivity index is 1.95. The molecule has 1 heterocycles. The van der Waals surface area contributed by atoms with Gasteiger partial charge in [-0.1, -0.05) is 22.5 Å². The second-order valence-electron chi connectivity index (χ2n) is 3.99. The van der Waals surface area contributed by atoms with Gasteiger partial charge in [0.25, 0.3) is 11.6 Å². The standard InChI is InChI=1S/C13H10BrN3O3S/c1-8(12-6-11(7-21-12)17(19)20)15-16-13(18)9-2-4-10(14)5-3-9/h2-7,15H,1H2,(H,16,18). The van der Waals surface area contributed by atoms with Crippen LogP contribution in [0.5, 0.6) is 0 Å². The Morgan fingerprint density at radius 1 is 1.29 bits per heavy atom. The van der Waals surface area contributed by atoms with Gasteiger partial charge in [0.05, 0.1) is 20.9 Å². The molecule has 0 aliphatic rings. The number of carbonyl (C=O) groups excluding carboxylic acids is 1. The molecule has 0 fully saturated rings. The van der Waals surface area contributed by atoms with Crippen molar-refractivity contribution in [3.05, 3.63) is 67.3 Å². The lowest BCUT2D eigenvalue weighted by molar-refractivity contribution is -0.384. The fourth-order valence-electron chi connectivity index (χ4n) is 1.45. The van der Waals surface area contributed by atoms with Crippen LogP contribution < -0.4 is 10.9 Å². The first kappa shape index (κ1) is 15.2. The van der Waals surface area contributed by atoms with Crippen molar-refractivity contribution in [2.75, 3.05) is 0 Å². The summed E-state index contributed by atoms with van der Waals surface area (Å²) in [7, 11) is 0. The van der Waals surface area contributed by atoms with Gasteiger partial charge in [-0.25, -0.2) is 0 Å². The molecule has 0 radical (unpaired) electrons. The number of amides is 1. The van der Waals surface area contributed by atoms with Gasteiger partial charge in [-0.3, -0.25) is 25.8 Å². The van der Waals surface area contributed by atoms with Crippen LogP contribution in [0.15, 0.2) is 46.8 Å². The van der Waals surface area contributed by atoms with Crippen LogP contribution in [0.1, 0.15) is 15.2 Å². The minimum atomic E-state index is -0.478. The molecule has 1 amide bonds. The maximum atomic E-state index is 11.9. The SMILES string of the molecule is C=C(NNC(=O)c1ccc(Br)cc1)c1cc([N+](=O)[O-])cs1. The van der Waals surface area contributed by atoms with E-state index in [1.54, 1.807) is 24.3 Å². The average molecular weight is 368 g/mol. The van der Waals surface area contributed by atoms with Crippen LogP contribution in [0.3, 0.4) is 0 Å². The van der Waals surface area contributed by atoms with Gasteiger partial charge in [-0.2, -0.15) is 0 Å². The topological polar surface area (TPSA) is 84.3 Å². The van der Waals surface area contributed by atoms with Crippen molar-refractivity contribution in [3.63, 3.8) is 0 Å². The third-order valence-electron chi connectivity index (χ3n) is 2.53. The van der Waals surface area contributed by atoms with Crippen molar-refractivity contribution in [3.8, 4) is 0 Å². The van der Waals surface area contributed by atoms with E-state index in [-0.39, 0.29) is 11.6 Å². The number of nitro groups is 1. The van der Waals surface area contributed by atoms with Gasteiger partial charge in [0.2, 0.25) is 0 Å². The van der Waals surface area contributed by atoms with E-state index in [4.69, 9.17) is 0 Å². The van der Waals surface area contributed by atoms with Gasteiger partial charge in [-0.05, 0) is 24.3 Å². The highest BCUT2D eigenvalue weighted by molar-refractivity contribution is 9.10. The molecule has 0 unspecified atom stereocenters. The maximum absolute atomic E-state index is 11.9. The zero-order valence-corrected chi connectivity index (χ0v) is 13.0. The van der Waals surface area contributed by atoms with Gasteiger partial charge >= 0.3 is 0 Å². The summed E-state index contributed by atoms with van der Waals surface area (Å²) in [6.45, 7) is 3.73. The highest BCUT2D eigenvalue weighted by atomic mass is 79.9. The van der Waals surface area contributed by atoms with Crippen molar-refractivity contribution in [2.24, 2.45) is 0 Å². The van der Waals surface area contributed by atoms with Gasteiger partial charge in [0.15, 0.2) is 0 Å². The second kappa shape index (κ2) is 6.51. The second-order valence-corrected chi connectivity index (χ2v) is 5.82. The lowest BCUT2D eigenvalue weighted by Gasteiger charge is -2.09. The lowest BCUT2D eigenvalue weighted by atomic mass is 10.2. The Morgan fingerprint density at radius 2 is 1.95 bits per heavy atom. The minimum absolute atomic E-state index is 0.00261. The summed E-state index contributed by atoms with van der Waals surface area (Å²) in [4.78, 5) is 22.6. The van der Waals surface area contributed by atoms with Crippen LogP contribution >= 0.6 is 27.3 Å². The Bertz CT molecular complexity index is 697. The molecule has 0 aliphatic carbocycles. The molecule has 0 spiro atoms. The van der Waals surface area contributed by atoms with Gasteiger partial charge in [-0.15, -0.1) is 11.3 Å². The number of thiophene rings is 1. The average Bonchev–Trinajstić information content (AvgIpc) is 2.95. The Morgan fingerprint density at radius 3 is 2.52 bits per heavy atom. The number of hydrogen-bond donors (Lipinski definition) is 2. The predicted octanol–water partition coefficient (Wildman–Crippen LogP) is 3.32. The van der Waals surface area contributed by atoms with Crippen LogP contribution in [0.4, 0.5) is 5.69 Å². The third-order valence-corrected chi connectivity index (χ3v) is 4.03. The summed E-state index contributed by atoms with van der Waals surface area (Å²) < 4.78 is 0.877. The smallest absolute Gasteiger partial charge is 0.280 e. The maximum Gasteiger partial charge on any atom is 0.280 e. The molecule has 0 saturated heterocycles. The number of hydrazine groups is 1. The Kier molecular flexibility index (Phi) is 4.71. The summed E-state index contributed by atoms with van der Waals surface area (Å²) in [5, 5.41) is 12.0. The van der Waals surface area contributed by atoms with E-state index in [9.17, 15) is 14.9 Å². The molecule has 0 atom stereocenters. The number of halogens is 1. The van der Waals surface area contributed by atoms with E-state index in [0.29, 0.717) is 16.1 Å². The van der Waals surface area contributed by atoms with Crippen molar-refractivity contribution >= 4 is 44.6 Å². The lowest BCUT2D eigenvalue weighted by Crippen LogP contribution is -2.35. The van der Waals surface area contributed by atoms with Crippen molar-refractivity contribution in [1.29, 1.82) is 0 Å². The van der Waals surface area contributed by atoms with Crippen LogP contribution in [0.2, 0.25) is 0 Å². The summed E-state index contributed by atoms with van der Waals surface area (Å²) in [6.07, 6.45) is 0. The first-order valence-electron chi connectivity index (χ1n) is 5.71. The van der Waals surface area contributed by atoms with Crippen molar-refractivity contribution < 1.29 is 9.72 Å². The summed E-state index contributed by atoms with van der Waals surface area (Å²) >= 11 is 4.46. The number of rotatable bonds is 5. The molecule has 2 N–H and O–H groups in total. The Labute approximate surface area is 132 Å². The van der Waals surface area contributed by atoms with Crippen LogP contribution in [-0.2, 0) is 0 Å². The molecular formula is C13H10BrN3O3S.